The minimum absolute atomic E-state index is 0.0667. The lowest BCUT2D eigenvalue weighted by atomic mass is 10.1. The third-order valence-electron chi connectivity index (χ3n) is 4.78. The van der Waals surface area contributed by atoms with Crippen molar-refractivity contribution in [1.29, 1.82) is 0 Å². The normalized spacial score (nSPS) is 11.0. The Morgan fingerprint density at radius 1 is 0.906 bits per heavy atom. The zero-order chi connectivity index (χ0) is 23.3. The summed E-state index contributed by atoms with van der Waals surface area (Å²) in [4.78, 5) is 13.0. The van der Waals surface area contributed by atoms with Crippen molar-refractivity contribution in [3.8, 4) is 11.5 Å². The average Bonchev–Trinajstić information content (AvgIpc) is 2.77. The van der Waals surface area contributed by atoms with Gasteiger partial charge in [-0.25, -0.2) is 8.42 Å². The molecule has 0 fully saturated rings. The summed E-state index contributed by atoms with van der Waals surface area (Å²) in [7, 11) is -1.12. The van der Waals surface area contributed by atoms with Crippen molar-refractivity contribution in [3.63, 3.8) is 0 Å². The van der Waals surface area contributed by atoms with E-state index in [1.54, 1.807) is 36.4 Å². The number of benzene rings is 3. The van der Waals surface area contributed by atoms with Crippen molar-refractivity contribution in [3.05, 3.63) is 77.9 Å². The quantitative estimate of drug-likeness (QED) is 0.553. The van der Waals surface area contributed by atoms with Crippen molar-refractivity contribution in [1.82, 2.24) is 0 Å². The van der Waals surface area contributed by atoms with Crippen LogP contribution in [0.5, 0.6) is 11.5 Å². The summed E-state index contributed by atoms with van der Waals surface area (Å²) in [5, 5.41) is 2.80. The largest absolute Gasteiger partial charge is 0.497 e. The standard InChI is InChI=1S/C24H26N2O5S/c1-17-12-18(2)14-19(13-17)25-24(27)16-26(32(28,29)21-8-6-5-7-9-21)22-11-10-20(30-3)15-23(22)31-4/h5-15H,16H2,1-4H3,(H,25,27). The molecule has 0 bridgehead atoms. The highest BCUT2D eigenvalue weighted by atomic mass is 32.2. The maximum atomic E-state index is 13.5. The number of anilines is 2. The van der Waals surface area contributed by atoms with Crippen LogP contribution in [-0.4, -0.2) is 35.1 Å². The van der Waals surface area contributed by atoms with Gasteiger partial charge in [0.15, 0.2) is 0 Å². The summed E-state index contributed by atoms with van der Waals surface area (Å²) in [5.41, 5.74) is 2.82. The van der Waals surface area contributed by atoms with Gasteiger partial charge in [0, 0.05) is 11.8 Å². The molecule has 8 heteroatoms. The van der Waals surface area contributed by atoms with E-state index < -0.39 is 22.5 Å². The Morgan fingerprint density at radius 3 is 2.16 bits per heavy atom. The summed E-state index contributed by atoms with van der Waals surface area (Å²) < 4.78 is 38.7. The van der Waals surface area contributed by atoms with Crippen LogP contribution >= 0.6 is 0 Å². The maximum Gasteiger partial charge on any atom is 0.264 e. The average molecular weight is 455 g/mol. The number of amides is 1. The molecule has 0 aromatic heterocycles. The van der Waals surface area contributed by atoms with Crippen LogP contribution in [-0.2, 0) is 14.8 Å². The fourth-order valence-electron chi connectivity index (χ4n) is 3.39. The highest BCUT2D eigenvalue weighted by Crippen LogP contribution is 2.35. The Bertz CT molecular complexity index is 1190. The molecule has 0 saturated carbocycles. The zero-order valence-electron chi connectivity index (χ0n) is 18.5. The highest BCUT2D eigenvalue weighted by molar-refractivity contribution is 7.92. The van der Waals surface area contributed by atoms with E-state index in [0.717, 1.165) is 15.4 Å². The molecule has 32 heavy (non-hydrogen) atoms. The summed E-state index contributed by atoms with van der Waals surface area (Å²) in [6, 6.07) is 18.4. The molecule has 0 heterocycles. The molecule has 0 saturated heterocycles. The minimum atomic E-state index is -4.06. The number of carbonyl (C=O) groups excluding carboxylic acids is 1. The monoisotopic (exact) mass is 454 g/mol. The van der Waals surface area contributed by atoms with Gasteiger partial charge in [0.05, 0.1) is 24.8 Å². The molecule has 0 aliphatic heterocycles. The van der Waals surface area contributed by atoms with Gasteiger partial charge in [0.1, 0.15) is 18.0 Å². The van der Waals surface area contributed by atoms with E-state index >= 15 is 0 Å². The van der Waals surface area contributed by atoms with Gasteiger partial charge in [-0.05, 0) is 61.4 Å². The van der Waals surface area contributed by atoms with Gasteiger partial charge < -0.3 is 14.8 Å². The molecular weight excluding hydrogens is 428 g/mol. The first-order valence-electron chi connectivity index (χ1n) is 9.92. The van der Waals surface area contributed by atoms with Gasteiger partial charge in [-0.3, -0.25) is 9.10 Å². The summed E-state index contributed by atoms with van der Waals surface area (Å²) in [5.74, 6) is 0.290. The molecule has 3 rings (SSSR count). The Kier molecular flexibility index (Phi) is 7.05. The number of nitrogens with one attached hydrogen (secondary N) is 1. The second kappa shape index (κ2) is 9.74. The number of hydrogen-bond donors (Lipinski definition) is 1. The van der Waals surface area contributed by atoms with Crippen molar-refractivity contribution < 1.29 is 22.7 Å². The molecule has 7 nitrogen and oxygen atoms in total. The van der Waals surface area contributed by atoms with E-state index in [0.29, 0.717) is 11.4 Å². The predicted octanol–water partition coefficient (Wildman–Crippen LogP) is 4.15. The van der Waals surface area contributed by atoms with E-state index in [1.807, 2.05) is 32.0 Å². The molecule has 0 unspecified atom stereocenters. The van der Waals surface area contributed by atoms with Crippen LogP contribution in [0, 0.1) is 13.8 Å². The van der Waals surface area contributed by atoms with Gasteiger partial charge in [0.25, 0.3) is 10.0 Å². The maximum absolute atomic E-state index is 13.5. The van der Waals surface area contributed by atoms with Gasteiger partial charge >= 0.3 is 0 Å². The Balaban J connectivity index is 2.02. The summed E-state index contributed by atoms with van der Waals surface area (Å²) in [6.07, 6.45) is 0. The van der Waals surface area contributed by atoms with E-state index in [4.69, 9.17) is 9.47 Å². The van der Waals surface area contributed by atoms with E-state index in [1.165, 1.54) is 26.4 Å². The zero-order valence-corrected chi connectivity index (χ0v) is 19.3. The van der Waals surface area contributed by atoms with E-state index in [2.05, 4.69) is 5.32 Å². The first kappa shape index (κ1) is 23.1. The van der Waals surface area contributed by atoms with Gasteiger partial charge in [-0.2, -0.15) is 0 Å². The van der Waals surface area contributed by atoms with Gasteiger partial charge in [-0.1, -0.05) is 24.3 Å². The molecule has 0 aliphatic rings. The van der Waals surface area contributed by atoms with Gasteiger partial charge in [-0.15, -0.1) is 0 Å². The number of nitrogens with zero attached hydrogens (tertiary/aromatic N) is 1. The topological polar surface area (TPSA) is 84.9 Å². The van der Waals surface area contributed by atoms with Crippen LogP contribution in [0.4, 0.5) is 11.4 Å². The number of sulfonamides is 1. The van der Waals surface area contributed by atoms with E-state index in [-0.39, 0.29) is 16.3 Å². The number of ether oxygens (including phenoxy) is 2. The Hall–Kier alpha value is -3.52. The summed E-state index contributed by atoms with van der Waals surface area (Å²) >= 11 is 0. The third kappa shape index (κ3) is 5.20. The number of methoxy groups -OCH3 is 2. The number of aryl methyl sites for hydroxylation is 2. The molecule has 0 radical (unpaired) electrons. The number of carbonyl (C=O) groups is 1. The van der Waals surface area contributed by atoms with Crippen LogP contribution in [0.2, 0.25) is 0 Å². The van der Waals surface area contributed by atoms with Gasteiger partial charge in [0.2, 0.25) is 5.91 Å². The van der Waals surface area contributed by atoms with Crippen LogP contribution in [0.15, 0.2) is 71.6 Å². The molecule has 0 aliphatic carbocycles. The first-order chi connectivity index (χ1) is 15.2. The second-order valence-electron chi connectivity index (χ2n) is 7.29. The Labute approximate surface area is 188 Å². The molecule has 3 aromatic rings. The third-order valence-corrected chi connectivity index (χ3v) is 6.55. The first-order valence-corrected chi connectivity index (χ1v) is 11.4. The van der Waals surface area contributed by atoms with Crippen molar-refractivity contribution in [2.75, 3.05) is 30.4 Å². The van der Waals surface area contributed by atoms with Crippen LogP contribution < -0.4 is 19.1 Å². The fourth-order valence-corrected chi connectivity index (χ4v) is 4.84. The molecular formula is C24H26N2O5S. The summed E-state index contributed by atoms with van der Waals surface area (Å²) in [6.45, 7) is 3.42. The number of hydrogen-bond acceptors (Lipinski definition) is 5. The van der Waals surface area contributed by atoms with Crippen LogP contribution in [0.3, 0.4) is 0 Å². The van der Waals surface area contributed by atoms with Crippen LogP contribution in [0.25, 0.3) is 0 Å². The SMILES string of the molecule is COc1ccc(N(CC(=O)Nc2cc(C)cc(C)c2)S(=O)(=O)c2ccccc2)c(OC)c1. The number of rotatable bonds is 8. The minimum Gasteiger partial charge on any atom is -0.497 e. The highest BCUT2D eigenvalue weighted by Gasteiger charge is 2.29. The van der Waals surface area contributed by atoms with Crippen molar-refractivity contribution in [2.45, 2.75) is 18.7 Å². The predicted molar refractivity (Wildman–Crippen MR) is 125 cm³/mol. The lowest BCUT2D eigenvalue weighted by molar-refractivity contribution is -0.114. The molecule has 1 amide bonds. The second-order valence-corrected chi connectivity index (χ2v) is 9.15. The van der Waals surface area contributed by atoms with E-state index in [9.17, 15) is 13.2 Å². The molecule has 3 aromatic carbocycles. The fraction of sp³-hybridized carbons (Fsp3) is 0.208. The molecule has 0 spiro atoms. The molecule has 1 N–H and O–H groups in total. The smallest absolute Gasteiger partial charge is 0.264 e. The van der Waals surface area contributed by atoms with Crippen molar-refractivity contribution in [2.24, 2.45) is 0 Å². The Morgan fingerprint density at radius 2 is 1.56 bits per heavy atom. The molecule has 168 valence electrons. The molecule has 0 atom stereocenters. The van der Waals surface area contributed by atoms with Crippen LogP contribution in [0.1, 0.15) is 11.1 Å². The lowest BCUT2D eigenvalue weighted by Gasteiger charge is -2.26. The lowest BCUT2D eigenvalue weighted by Crippen LogP contribution is -2.38. The van der Waals surface area contributed by atoms with Crippen molar-refractivity contribution >= 4 is 27.3 Å².